The Morgan fingerprint density at radius 3 is 3.12 bits per heavy atom. The molecule has 1 atom stereocenters. The molecule has 84 valence electrons. The summed E-state index contributed by atoms with van der Waals surface area (Å²) in [4.78, 5) is 7.99. The van der Waals surface area contributed by atoms with E-state index in [1.54, 1.807) is 24.3 Å². The topological polar surface area (TPSA) is 61.6 Å². The van der Waals surface area contributed by atoms with Crippen molar-refractivity contribution in [2.45, 2.75) is 36.4 Å². The van der Waals surface area contributed by atoms with Gasteiger partial charge in [0.25, 0.3) is 0 Å². The first-order chi connectivity index (χ1) is 7.88. The van der Waals surface area contributed by atoms with E-state index in [-0.39, 0.29) is 6.04 Å². The third-order valence-corrected chi connectivity index (χ3v) is 3.36. The third kappa shape index (κ3) is 3.80. The summed E-state index contributed by atoms with van der Waals surface area (Å²) < 4.78 is 0. The molecule has 0 amide bonds. The zero-order chi connectivity index (χ0) is 11.2. The Bertz CT molecular complexity index is 358. The molecule has 5 heteroatoms. The first-order valence-electron chi connectivity index (χ1n) is 5.43. The normalized spacial score (nSPS) is 16.7. The predicted molar refractivity (Wildman–Crippen MR) is 62.9 cm³/mol. The van der Waals surface area contributed by atoms with Crippen molar-refractivity contribution in [1.29, 1.82) is 5.26 Å². The molecule has 0 spiro atoms. The van der Waals surface area contributed by atoms with Gasteiger partial charge in [-0.1, -0.05) is 0 Å². The van der Waals surface area contributed by atoms with Crippen LogP contribution in [0.1, 0.15) is 19.3 Å². The van der Waals surface area contributed by atoms with Gasteiger partial charge in [0.05, 0.1) is 17.1 Å². The van der Waals surface area contributed by atoms with Gasteiger partial charge in [0.1, 0.15) is 6.33 Å². The first-order valence-corrected chi connectivity index (χ1v) is 6.41. The molecule has 1 aliphatic rings. The Balaban J connectivity index is 1.68. The van der Waals surface area contributed by atoms with E-state index in [1.807, 2.05) is 6.07 Å². The molecule has 1 aromatic heterocycles. The monoisotopic (exact) mass is 234 g/mol. The van der Waals surface area contributed by atoms with Crippen molar-refractivity contribution in [2.75, 3.05) is 5.75 Å². The van der Waals surface area contributed by atoms with Crippen LogP contribution in [0.2, 0.25) is 0 Å². The van der Waals surface area contributed by atoms with Crippen LogP contribution in [-0.2, 0) is 0 Å². The van der Waals surface area contributed by atoms with Crippen molar-refractivity contribution in [3.05, 3.63) is 18.6 Å². The number of nitriles is 1. The largest absolute Gasteiger partial charge is 0.299 e. The maximum Gasteiger partial charge on any atom is 0.116 e. The van der Waals surface area contributed by atoms with E-state index in [0.29, 0.717) is 6.04 Å². The van der Waals surface area contributed by atoms with Crippen LogP contribution in [0.15, 0.2) is 23.6 Å². The number of rotatable bonds is 6. The van der Waals surface area contributed by atoms with Gasteiger partial charge in [-0.3, -0.25) is 5.32 Å². The molecule has 0 aliphatic heterocycles. The van der Waals surface area contributed by atoms with Crippen LogP contribution < -0.4 is 5.32 Å². The fourth-order valence-electron chi connectivity index (χ4n) is 1.36. The molecule has 0 bridgehead atoms. The highest BCUT2D eigenvalue weighted by atomic mass is 32.2. The molecular formula is C11H14N4S. The Morgan fingerprint density at radius 2 is 2.50 bits per heavy atom. The minimum Gasteiger partial charge on any atom is -0.299 e. The van der Waals surface area contributed by atoms with Gasteiger partial charge in [-0.15, -0.1) is 11.8 Å². The molecule has 1 aliphatic carbocycles. The summed E-state index contributed by atoms with van der Waals surface area (Å²) in [5.41, 5.74) is 0. The number of hydrogen-bond donors (Lipinski definition) is 1. The van der Waals surface area contributed by atoms with Crippen molar-refractivity contribution in [1.82, 2.24) is 15.3 Å². The van der Waals surface area contributed by atoms with Gasteiger partial charge < -0.3 is 0 Å². The van der Waals surface area contributed by atoms with Gasteiger partial charge in [0.2, 0.25) is 0 Å². The average Bonchev–Trinajstić information content (AvgIpc) is 3.13. The molecule has 16 heavy (non-hydrogen) atoms. The first kappa shape index (κ1) is 11.4. The highest BCUT2D eigenvalue weighted by molar-refractivity contribution is 7.99. The molecule has 1 unspecified atom stereocenters. The van der Waals surface area contributed by atoms with Crippen molar-refractivity contribution in [3.8, 4) is 6.07 Å². The average molecular weight is 234 g/mol. The van der Waals surface area contributed by atoms with Gasteiger partial charge in [0, 0.05) is 18.0 Å². The van der Waals surface area contributed by atoms with E-state index in [1.165, 1.54) is 12.8 Å². The lowest BCUT2D eigenvalue weighted by molar-refractivity contribution is 0.587. The van der Waals surface area contributed by atoms with Crippen LogP contribution in [0.3, 0.4) is 0 Å². The van der Waals surface area contributed by atoms with Gasteiger partial charge in [-0.05, 0) is 25.3 Å². The van der Waals surface area contributed by atoms with E-state index in [9.17, 15) is 0 Å². The zero-order valence-corrected chi connectivity index (χ0v) is 9.78. The lowest BCUT2D eigenvalue weighted by atomic mass is 10.2. The van der Waals surface area contributed by atoms with E-state index in [2.05, 4.69) is 21.4 Å². The minimum absolute atomic E-state index is 0.0122. The summed E-state index contributed by atoms with van der Waals surface area (Å²) in [5.74, 6) is 0.912. The van der Waals surface area contributed by atoms with Gasteiger partial charge in [0.15, 0.2) is 0 Å². The van der Waals surface area contributed by atoms with Crippen LogP contribution in [0.4, 0.5) is 0 Å². The molecule has 1 heterocycles. The van der Waals surface area contributed by atoms with Crippen LogP contribution in [0.25, 0.3) is 0 Å². The van der Waals surface area contributed by atoms with E-state index >= 15 is 0 Å². The van der Waals surface area contributed by atoms with Crippen LogP contribution in [0.5, 0.6) is 0 Å². The summed E-state index contributed by atoms with van der Waals surface area (Å²) in [7, 11) is 0. The Morgan fingerprint density at radius 1 is 1.62 bits per heavy atom. The van der Waals surface area contributed by atoms with Gasteiger partial charge in [-0.25, -0.2) is 9.97 Å². The summed E-state index contributed by atoms with van der Waals surface area (Å²) in [6, 6.07) is 4.77. The molecule has 1 aromatic rings. The maximum absolute atomic E-state index is 8.95. The second-order valence-electron chi connectivity index (χ2n) is 3.81. The minimum atomic E-state index is -0.0122. The van der Waals surface area contributed by atoms with E-state index in [0.717, 1.165) is 17.2 Å². The molecular weight excluding hydrogens is 220 g/mol. The SMILES string of the molecule is N#CC(CCSc1ccncn1)NC1CC1. The molecule has 1 fully saturated rings. The van der Waals surface area contributed by atoms with E-state index in [4.69, 9.17) is 5.26 Å². The molecule has 4 nitrogen and oxygen atoms in total. The molecule has 0 aromatic carbocycles. The standard InChI is InChI=1S/C11H14N4S/c12-7-10(15-9-1-2-9)4-6-16-11-3-5-13-8-14-11/h3,5,8-10,15H,1-2,4,6H2. The number of aromatic nitrogens is 2. The summed E-state index contributed by atoms with van der Waals surface area (Å²) >= 11 is 1.67. The fourth-order valence-corrected chi connectivity index (χ4v) is 2.21. The molecule has 2 rings (SSSR count). The highest BCUT2D eigenvalue weighted by Crippen LogP contribution is 2.21. The number of thioether (sulfide) groups is 1. The van der Waals surface area contributed by atoms with Crippen LogP contribution in [0, 0.1) is 11.3 Å². The summed E-state index contributed by atoms with van der Waals surface area (Å²) in [6.07, 6.45) is 6.59. The van der Waals surface area contributed by atoms with Gasteiger partial charge >= 0.3 is 0 Å². The lowest BCUT2D eigenvalue weighted by Gasteiger charge is -2.09. The maximum atomic E-state index is 8.95. The quantitative estimate of drug-likeness (QED) is 0.598. The van der Waals surface area contributed by atoms with Crippen LogP contribution in [-0.4, -0.2) is 27.8 Å². The number of nitrogens with one attached hydrogen (secondary N) is 1. The molecule has 1 N–H and O–H groups in total. The lowest BCUT2D eigenvalue weighted by Crippen LogP contribution is -2.29. The molecule has 0 radical (unpaired) electrons. The van der Waals surface area contributed by atoms with E-state index < -0.39 is 0 Å². The number of nitrogens with zero attached hydrogens (tertiary/aromatic N) is 3. The fraction of sp³-hybridized carbons (Fsp3) is 0.545. The predicted octanol–water partition coefficient (Wildman–Crippen LogP) is 1.60. The van der Waals surface area contributed by atoms with Crippen molar-refractivity contribution in [2.24, 2.45) is 0 Å². The Kier molecular flexibility index (Phi) is 4.14. The zero-order valence-electron chi connectivity index (χ0n) is 8.97. The molecule has 0 saturated heterocycles. The van der Waals surface area contributed by atoms with Gasteiger partial charge in [-0.2, -0.15) is 5.26 Å². The molecule has 1 saturated carbocycles. The Labute approximate surface area is 99.5 Å². The van der Waals surface area contributed by atoms with Crippen molar-refractivity contribution in [3.63, 3.8) is 0 Å². The summed E-state index contributed by atoms with van der Waals surface area (Å²) in [6.45, 7) is 0. The third-order valence-electron chi connectivity index (χ3n) is 2.38. The summed E-state index contributed by atoms with van der Waals surface area (Å²) in [5, 5.41) is 13.2. The smallest absolute Gasteiger partial charge is 0.116 e. The second kappa shape index (κ2) is 5.83. The van der Waals surface area contributed by atoms with Crippen molar-refractivity contribution >= 4 is 11.8 Å². The highest BCUT2D eigenvalue weighted by Gasteiger charge is 2.24. The van der Waals surface area contributed by atoms with Crippen LogP contribution >= 0.6 is 11.8 Å². The second-order valence-corrected chi connectivity index (χ2v) is 4.92. The Hall–Kier alpha value is -1.12. The number of hydrogen-bond acceptors (Lipinski definition) is 5. The van der Waals surface area contributed by atoms with Crippen molar-refractivity contribution < 1.29 is 0 Å².